The number of carbonyl (C=O) groups is 5. The second-order valence-corrected chi connectivity index (χ2v) is 7.81. The van der Waals surface area contributed by atoms with Gasteiger partial charge in [-0.1, -0.05) is 19.1 Å². The molecule has 1 aromatic rings. The van der Waals surface area contributed by atoms with Crippen LogP contribution in [0.25, 0.3) is 0 Å². The zero-order valence-electron chi connectivity index (χ0n) is 18.9. The first-order valence-corrected chi connectivity index (χ1v) is 10.5. The Morgan fingerprint density at radius 2 is 1.79 bits per heavy atom. The van der Waals surface area contributed by atoms with Gasteiger partial charge in [0.2, 0.25) is 0 Å². The molecule has 11 heteroatoms. The number of hydrogen-bond donors (Lipinski definition) is 1. The molecule has 0 saturated heterocycles. The molecule has 0 saturated carbocycles. The minimum Gasteiger partial charge on any atom is -0.350 e. The normalized spacial score (nSPS) is 16.9. The minimum atomic E-state index is -1.61. The molecule has 10 nitrogen and oxygen atoms in total. The highest BCUT2D eigenvalue weighted by Crippen LogP contribution is 2.20. The van der Waals surface area contributed by atoms with E-state index in [0.717, 1.165) is 9.80 Å². The quantitative estimate of drug-likeness (QED) is 0.477. The van der Waals surface area contributed by atoms with E-state index in [0.29, 0.717) is 17.7 Å². The Labute approximate surface area is 195 Å². The summed E-state index contributed by atoms with van der Waals surface area (Å²) in [6.45, 7) is 2.08. The van der Waals surface area contributed by atoms with Crippen molar-refractivity contribution < 1.29 is 28.4 Å². The van der Waals surface area contributed by atoms with Crippen molar-refractivity contribution in [1.82, 2.24) is 20.0 Å². The molecule has 0 fully saturated rings. The van der Waals surface area contributed by atoms with Crippen molar-refractivity contribution in [2.75, 3.05) is 20.6 Å². The number of Topliss-reactive ketones (excluding diaryl/α,β-unsaturated/α-hetero) is 1. The summed E-state index contributed by atoms with van der Waals surface area (Å²) in [5, 5.41) is 2.52. The third kappa shape index (κ3) is 5.08. The average molecular weight is 469 g/mol. The number of hydrogen-bond acceptors (Lipinski definition) is 6. The molecular weight excluding hydrogens is 445 g/mol. The van der Waals surface area contributed by atoms with E-state index in [-0.39, 0.29) is 18.9 Å². The van der Waals surface area contributed by atoms with Gasteiger partial charge < -0.3 is 15.1 Å². The maximum atomic E-state index is 13.1. The highest BCUT2D eigenvalue weighted by atomic mass is 19.1. The number of halogens is 1. The summed E-state index contributed by atoms with van der Waals surface area (Å²) < 4.78 is 13.1. The number of rotatable bonds is 6. The fourth-order valence-corrected chi connectivity index (χ4v) is 3.29. The third-order valence-electron chi connectivity index (χ3n) is 5.08. The second-order valence-electron chi connectivity index (χ2n) is 7.81. The van der Waals surface area contributed by atoms with Gasteiger partial charge in [0, 0.05) is 45.2 Å². The van der Waals surface area contributed by atoms with Crippen LogP contribution in [0.4, 0.5) is 4.39 Å². The first-order valence-electron chi connectivity index (χ1n) is 10.5. The molecule has 0 spiro atoms. The van der Waals surface area contributed by atoms with E-state index >= 15 is 0 Å². The second kappa shape index (κ2) is 10.2. The maximum absolute atomic E-state index is 13.1. The molecule has 1 unspecified atom stereocenters. The largest absolute Gasteiger partial charge is 0.350 e. The Balaban J connectivity index is 1.85. The highest BCUT2D eigenvalue weighted by molar-refractivity contribution is 6.47. The number of likely N-dealkylation sites (N-methyl/N-ethyl adjacent to an activating group) is 1. The van der Waals surface area contributed by atoms with Gasteiger partial charge in [0.25, 0.3) is 11.7 Å². The Kier molecular flexibility index (Phi) is 7.34. The molecule has 3 rings (SSSR count). The van der Waals surface area contributed by atoms with Crippen LogP contribution < -0.4 is 5.32 Å². The number of amidine groups is 1. The van der Waals surface area contributed by atoms with E-state index in [1.54, 1.807) is 0 Å². The van der Waals surface area contributed by atoms with Crippen LogP contribution in [0.15, 0.2) is 53.3 Å². The fraction of sp³-hybridized carbons (Fsp3) is 0.304. The van der Waals surface area contributed by atoms with Gasteiger partial charge in [0.05, 0.1) is 0 Å². The summed E-state index contributed by atoms with van der Waals surface area (Å²) in [6.07, 6.45) is 4.63. The van der Waals surface area contributed by atoms with Crippen LogP contribution in [-0.4, -0.2) is 76.6 Å². The first-order chi connectivity index (χ1) is 16.1. The topological polar surface area (TPSA) is 119 Å². The van der Waals surface area contributed by atoms with Crippen molar-refractivity contribution >= 4 is 35.2 Å². The summed E-state index contributed by atoms with van der Waals surface area (Å²) in [5.41, 5.74) is 0.894. The fourth-order valence-electron chi connectivity index (χ4n) is 3.29. The van der Waals surface area contributed by atoms with Crippen LogP contribution in [0, 0.1) is 5.82 Å². The van der Waals surface area contributed by atoms with E-state index in [2.05, 4.69) is 10.3 Å². The number of fused-ring (bicyclic) bond motifs is 1. The summed E-state index contributed by atoms with van der Waals surface area (Å²) >= 11 is 0. The van der Waals surface area contributed by atoms with Crippen LogP contribution in [0.2, 0.25) is 0 Å². The molecule has 1 aromatic carbocycles. The number of amides is 4. The number of nitrogens with zero attached hydrogens (tertiary/aromatic N) is 4. The predicted molar refractivity (Wildman–Crippen MR) is 119 cm³/mol. The molecule has 0 aromatic heterocycles. The molecular formula is C23H24FN5O5. The molecule has 1 N–H and O–H groups in total. The summed E-state index contributed by atoms with van der Waals surface area (Å²) in [7, 11) is 2.92. The van der Waals surface area contributed by atoms with E-state index in [9.17, 15) is 28.4 Å². The molecule has 4 amide bonds. The minimum absolute atomic E-state index is 0.00441. The zero-order valence-corrected chi connectivity index (χ0v) is 18.9. The monoisotopic (exact) mass is 469 g/mol. The summed E-state index contributed by atoms with van der Waals surface area (Å²) in [4.78, 5) is 70.1. The predicted octanol–water partition coefficient (Wildman–Crippen LogP) is 0.358. The third-order valence-corrected chi connectivity index (χ3v) is 5.08. The Morgan fingerprint density at radius 1 is 1.12 bits per heavy atom. The van der Waals surface area contributed by atoms with Gasteiger partial charge in [-0.05, 0) is 30.2 Å². The zero-order chi connectivity index (χ0) is 25.0. The van der Waals surface area contributed by atoms with Crippen LogP contribution in [-0.2, 0) is 30.5 Å². The lowest BCUT2D eigenvalue weighted by Crippen LogP contribution is -2.52. The van der Waals surface area contributed by atoms with E-state index < -0.39 is 41.3 Å². The van der Waals surface area contributed by atoms with Crippen LogP contribution >= 0.6 is 0 Å². The van der Waals surface area contributed by atoms with Crippen molar-refractivity contribution in [1.29, 1.82) is 0 Å². The van der Waals surface area contributed by atoms with Crippen LogP contribution in [0.3, 0.4) is 0 Å². The Morgan fingerprint density at radius 3 is 2.41 bits per heavy atom. The van der Waals surface area contributed by atoms with Crippen LogP contribution in [0.1, 0.15) is 18.9 Å². The van der Waals surface area contributed by atoms with Gasteiger partial charge in [-0.25, -0.2) is 9.38 Å². The molecule has 2 heterocycles. The summed E-state index contributed by atoms with van der Waals surface area (Å²) in [5.74, 6) is -4.66. The Hall–Kier alpha value is -4.15. The lowest BCUT2D eigenvalue weighted by Gasteiger charge is -2.31. The molecule has 0 bridgehead atoms. The van der Waals surface area contributed by atoms with Gasteiger partial charge in [0.15, 0.2) is 6.04 Å². The van der Waals surface area contributed by atoms with Crippen molar-refractivity contribution in [3.8, 4) is 0 Å². The number of allylic oxidation sites excluding steroid dienone is 1. The molecule has 178 valence electrons. The van der Waals surface area contributed by atoms with Gasteiger partial charge in [0.1, 0.15) is 11.7 Å². The van der Waals surface area contributed by atoms with Gasteiger partial charge in [-0.15, -0.1) is 0 Å². The molecule has 2 aliphatic heterocycles. The maximum Gasteiger partial charge on any atom is 0.316 e. The first kappa shape index (κ1) is 24.5. The van der Waals surface area contributed by atoms with E-state index in [1.165, 1.54) is 61.6 Å². The van der Waals surface area contributed by atoms with E-state index in [1.807, 2.05) is 6.92 Å². The van der Waals surface area contributed by atoms with E-state index in [4.69, 9.17) is 0 Å². The van der Waals surface area contributed by atoms with Crippen molar-refractivity contribution in [3.63, 3.8) is 0 Å². The van der Waals surface area contributed by atoms with Crippen molar-refractivity contribution in [2.24, 2.45) is 4.99 Å². The standard InChI is InChI=1S/C23H24FN5O5/c1-4-10-28(23(34)22(33)27(2)3)16-9-11-29-17(12-16)26-18(19(30)21(29)32)20(31)25-13-14-5-7-15(24)8-6-14/h5-9,11-12,18H,4,10,13H2,1-3H3,(H,25,31). The SMILES string of the molecule is CCCN(C(=O)C(=O)N(C)C)C1=CC2=NC(C(=O)NCc3ccc(F)cc3)C(=O)C(=O)N2C=C1. The van der Waals surface area contributed by atoms with Crippen LogP contribution in [0.5, 0.6) is 0 Å². The van der Waals surface area contributed by atoms with Gasteiger partial charge >= 0.3 is 17.7 Å². The molecule has 0 aliphatic carbocycles. The van der Waals surface area contributed by atoms with Gasteiger partial charge in [-0.3, -0.25) is 28.9 Å². The molecule has 0 radical (unpaired) electrons. The number of carbonyl (C=O) groups excluding carboxylic acids is 5. The summed E-state index contributed by atoms with van der Waals surface area (Å²) in [6, 6.07) is 3.82. The van der Waals surface area contributed by atoms with Crippen molar-refractivity contribution in [2.45, 2.75) is 25.9 Å². The smallest absolute Gasteiger partial charge is 0.316 e. The number of nitrogens with one attached hydrogen (secondary N) is 1. The average Bonchev–Trinajstić information content (AvgIpc) is 2.82. The number of benzene rings is 1. The lowest BCUT2D eigenvalue weighted by atomic mass is 10.1. The number of aliphatic imine (C=N–C) groups is 1. The lowest BCUT2D eigenvalue weighted by molar-refractivity contribution is -0.149. The van der Waals surface area contributed by atoms with Crippen molar-refractivity contribution in [3.05, 3.63) is 59.7 Å². The molecule has 2 aliphatic rings. The molecule has 1 atom stereocenters. The Bertz CT molecular complexity index is 1120. The highest BCUT2D eigenvalue weighted by Gasteiger charge is 2.41. The molecule has 34 heavy (non-hydrogen) atoms. The van der Waals surface area contributed by atoms with Gasteiger partial charge in [-0.2, -0.15) is 0 Å². The number of ketones is 1.